The van der Waals surface area contributed by atoms with Crippen LogP contribution >= 0.6 is 11.6 Å². The molecule has 6 heteroatoms. The van der Waals surface area contributed by atoms with Gasteiger partial charge in [-0.3, -0.25) is 4.79 Å². The van der Waals surface area contributed by atoms with E-state index >= 15 is 0 Å². The number of hydrogen-bond acceptors (Lipinski definition) is 4. The van der Waals surface area contributed by atoms with E-state index in [0.717, 1.165) is 11.3 Å². The molecule has 0 bridgehead atoms. The van der Waals surface area contributed by atoms with Gasteiger partial charge >= 0.3 is 0 Å². The lowest BCUT2D eigenvalue weighted by atomic mass is 10.2. The third-order valence-corrected chi connectivity index (χ3v) is 2.83. The molecule has 1 N–H and O–H groups in total. The number of benzene rings is 1. The van der Waals surface area contributed by atoms with E-state index in [1.54, 1.807) is 24.3 Å². The maximum atomic E-state index is 11.8. The molecule has 2 aromatic rings. The van der Waals surface area contributed by atoms with E-state index in [4.69, 9.17) is 16.3 Å². The molecule has 0 saturated carbocycles. The molecule has 2 rings (SSSR count). The first-order valence-electron chi connectivity index (χ1n) is 6.02. The zero-order valence-electron chi connectivity index (χ0n) is 11.2. The molecule has 1 amide bonds. The number of anilines is 1. The number of nitrogens with one attached hydrogen (secondary N) is 1. The molecule has 0 atom stereocenters. The Hall–Kier alpha value is -2.14. The van der Waals surface area contributed by atoms with E-state index < -0.39 is 0 Å². The van der Waals surface area contributed by atoms with Gasteiger partial charge in [0.15, 0.2) is 6.61 Å². The van der Waals surface area contributed by atoms with Gasteiger partial charge in [-0.15, -0.1) is 0 Å². The molecular formula is C14H14ClN3O2. The van der Waals surface area contributed by atoms with Gasteiger partial charge in [-0.2, -0.15) is 0 Å². The molecule has 1 aromatic heterocycles. The van der Waals surface area contributed by atoms with Crippen LogP contribution in [0.2, 0.25) is 5.02 Å². The lowest BCUT2D eigenvalue weighted by molar-refractivity contribution is -0.118. The van der Waals surface area contributed by atoms with Crippen LogP contribution in [0.4, 0.5) is 5.69 Å². The molecule has 0 unspecified atom stereocenters. The summed E-state index contributed by atoms with van der Waals surface area (Å²) in [7, 11) is 0. The van der Waals surface area contributed by atoms with Gasteiger partial charge in [0.2, 0.25) is 5.88 Å². The normalized spacial score (nSPS) is 10.2. The topological polar surface area (TPSA) is 64.1 Å². The number of aromatic nitrogens is 2. The zero-order chi connectivity index (χ0) is 14.5. The summed E-state index contributed by atoms with van der Waals surface area (Å²) in [5, 5.41) is 3.39. The number of aryl methyl sites for hydroxylation is 2. The van der Waals surface area contributed by atoms with Gasteiger partial charge in [0.05, 0.1) is 0 Å². The summed E-state index contributed by atoms with van der Waals surface area (Å²) in [4.78, 5) is 19.7. The van der Waals surface area contributed by atoms with Crippen LogP contribution in [-0.2, 0) is 4.79 Å². The molecule has 0 radical (unpaired) electrons. The van der Waals surface area contributed by atoms with Crippen molar-refractivity contribution in [3.05, 3.63) is 46.9 Å². The Kier molecular flexibility index (Phi) is 4.53. The second-order valence-electron chi connectivity index (χ2n) is 4.29. The fourth-order valence-corrected chi connectivity index (χ4v) is 1.83. The molecule has 0 aliphatic rings. The molecule has 104 valence electrons. The number of amides is 1. The SMILES string of the molecule is Cc1cc(OCC(=O)Nc2ccc(Cl)cc2C)ncn1. The van der Waals surface area contributed by atoms with E-state index in [1.807, 2.05) is 13.8 Å². The number of nitrogens with zero attached hydrogens (tertiary/aromatic N) is 2. The molecule has 5 nitrogen and oxygen atoms in total. The van der Waals surface area contributed by atoms with E-state index in [0.29, 0.717) is 16.6 Å². The van der Waals surface area contributed by atoms with Crippen molar-refractivity contribution in [2.45, 2.75) is 13.8 Å². The molecule has 1 aromatic carbocycles. The highest BCUT2D eigenvalue weighted by Gasteiger charge is 2.07. The first kappa shape index (κ1) is 14.3. The van der Waals surface area contributed by atoms with Gasteiger partial charge in [0.1, 0.15) is 6.33 Å². The Bertz CT molecular complexity index is 632. The third-order valence-electron chi connectivity index (χ3n) is 2.59. The average molecular weight is 292 g/mol. The van der Waals surface area contributed by atoms with Crippen molar-refractivity contribution in [1.29, 1.82) is 0 Å². The number of carbonyl (C=O) groups excluding carboxylic acids is 1. The van der Waals surface area contributed by atoms with E-state index in [-0.39, 0.29) is 12.5 Å². The van der Waals surface area contributed by atoms with Crippen molar-refractivity contribution >= 4 is 23.2 Å². The van der Waals surface area contributed by atoms with Gasteiger partial charge < -0.3 is 10.1 Å². The second kappa shape index (κ2) is 6.34. The summed E-state index contributed by atoms with van der Waals surface area (Å²) >= 11 is 5.86. The summed E-state index contributed by atoms with van der Waals surface area (Å²) in [5.41, 5.74) is 2.38. The number of rotatable bonds is 4. The summed E-state index contributed by atoms with van der Waals surface area (Å²) < 4.78 is 5.30. The lowest BCUT2D eigenvalue weighted by Gasteiger charge is -2.09. The van der Waals surface area contributed by atoms with E-state index in [2.05, 4.69) is 15.3 Å². The summed E-state index contributed by atoms with van der Waals surface area (Å²) in [6, 6.07) is 6.93. The van der Waals surface area contributed by atoms with Crippen molar-refractivity contribution in [1.82, 2.24) is 9.97 Å². The molecule has 0 fully saturated rings. The van der Waals surface area contributed by atoms with Gasteiger partial charge in [0.25, 0.3) is 5.91 Å². The zero-order valence-corrected chi connectivity index (χ0v) is 11.9. The quantitative estimate of drug-likeness (QED) is 0.941. The Morgan fingerprint density at radius 1 is 1.30 bits per heavy atom. The van der Waals surface area contributed by atoms with Crippen LogP contribution in [0, 0.1) is 13.8 Å². The smallest absolute Gasteiger partial charge is 0.262 e. The van der Waals surface area contributed by atoms with Crippen LogP contribution in [0.15, 0.2) is 30.6 Å². The fraction of sp³-hybridized carbons (Fsp3) is 0.214. The summed E-state index contributed by atoms with van der Waals surface area (Å²) in [6.45, 7) is 3.58. The Morgan fingerprint density at radius 2 is 2.10 bits per heavy atom. The van der Waals surface area contributed by atoms with Crippen LogP contribution < -0.4 is 10.1 Å². The van der Waals surface area contributed by atoms with Crippen molar-refractivity contribution in [3.8, 4) is 5.88 Å². The first-order valence-corrected chi connectivity index (χ1v) is 6.40. The predicted octanol–water partition coefficient (Wildman–Crippen LogP) is 2.76. The maximum absolute atomic E-state index is 11.8. The molecule has 0 spiro atoms. The van der Waals surface area contributed by atoms with Gasteiger partial charge in [-0.05, 0) is 37.6 Å². The highest BCUT2D eigenvalue weighted by Crippen LogP contribution is 2.19. The number of ether oxygens (including phenoxy) is 1. The largest absolute Gasteiger partial charge is 0.467 e. The highest BCUT2D eigenvalue weighted by atomic mass is 35.5. The van der Waals surface area contributed by atoms with E-state index in [1.165, 1.54) is 6.33 Å². The van der Waals surface area contributed by atoms with Crippen molar-refractivity contribution in [3.63, 3.8) is 0 Å². The molecular weight excluding hydrogens is 278 g/mol. The first-order chi connectivity index (χ1) is 9.54. The fourth-order valence-electron chi connectivity index (χ4n) is 1.60. The summed E-state index contributed by atoms with van der Waals surface area (Å²) in [6.07, 6.45) is 1.39. The van der Waals surface area contributed by atoms with Gasteiger partial charge in [-0.1, -0.05) is 11.6 Å². The minimum absolute atomic E-state index is 0.113. The van der Waals surface area contributed by atoms with Gasteiger partial charge in [0, 0.05) is 22.5 Å². The Balaban J connectivity index is 1.92. The van der Waals surface area contributed by atoms with Gasteiger partial charge in [-0.25, -0.2) is 9.97 Å². The summed E-state index contributed by atoms with van der Waals surface area (Å²) in [5.74, 6) is 0.118. The minimum atomic E-state index is -0.258. The second-order valence-corrected chi connectivity index (χ2v) is 4.73. The lowest BCUT2D eigenvalue weighted by Crippen LogP contribution is -2.21. The van der Waals surface area contributed by atoms with E-state index in [9.17, 15) is 4.79 Å². The molecule has 1 heterocycles. The van der Waals surface area contributed by atoms with Crippen LogP contribution in [-0.4, -0.2) is 22.5 Å². The minimum Gasteiger partial charge on any atom is -0.467 e. The maximum Gasteiger partial charge on any atom is 0.262 e. The number of carbonyl (C=O) groups is 1. The van der Waals surface area contributed by atoms with Crippen LogP contribution in [0.25, 0.3) is 0 Å². The Labute approximate surface area is 122 Å². The highest BCUT2D eigenvalue weighted by molar-refractivity contribution is 6.30. The van der Waals surface area contributed by atoms with Crippen molar-refractivity contribution < 1.29 is 9.53 Å². The van der Waals surface area contributed by atoms with Crippen LogP contribution in [0.3, 0.4) is 0 Å². The van der Waals surface area contributed by atoms with Crippen LogP contribution in [0.1, 0.15) is 11.3 Å². The van der Waals surface area contributed by atoms with Crippen LogP contribution in [0.5, 0.6) is 5.88 Å². The number of hydrogen-bond donors (Lipinski definition) is 1. The molecule has 20 heavy (non-hydrogen) atoms. The molecule has 0 aliphatic carbocycles. The standard InChI is InChI=1S/C14H14ClN3O2/c1-9-5-11(15)3-4-12(9)18-13(19)7-20-14-6-10(2)16-8-17-14/h3-6,8H,7H2,1-2H3,(H,18,19). The third kappa shape index (κ3) is 3.93. The molecule has 0 saturated heterocycles. The predicted molar refractivity (Wildman–Crippen MR) is 77.1 cm³/mol. The number of halogens is 1. The van der Waals surface area contributed by atoms with Crippen molar-refractivity contribution in [2.75, 3.05) is 11.9 Å². The average Bonchev–Trinajstić information content (AvgIpc) is 2.40. The van der Waals surface area contributed by atoms with Crippen molar-refractivity contribution in [2.24, 2.45) is 0 Å². The molecule has 0 aliphatic heterocycles. The monoisotopic (exact) mass is 291 g/mol. The Morgan fingerprint density at radius 3 is 2.80 bits per heavy atom.